The summed E-state index contributed by atoms with van der Waals surface area (Å²) in [5.41, 5.74) is 6.84. The maximum Gasteiger partial charge on any atom is 0.216 e. The van der Waals surface area contributed by atoms with Crippen molar-refractivity contribution >= 4 is 35.3 Å². The van der Waals surface area contributed by atoms with Crippen LogP contribution >= 0.6 is 0 Å². The van der Waals surface area contributed by atoms with Gasteiger partial charge in [0.15, 0.2) is 0 Å². The molecule has 4 nitrogen and oxygen atoms in total. The molecule has 4 aromatic heterocycles. The van der Waals surface area contributed by atoms with Crippen LogP contribution in [0.3, 0.4) is 0 Å². The molecule has 0 aliphatic carbocycles. The number of rotatable bonds is 6. The largest absolute Gasteiger partial charge is 0.486 e. The first-order valence-corrected chi connectivity index (χ1v) is 18.3. The molecule has 1 atom stereocenters. The Labute approximate surface area is 279 Å². The number of nitrogens with zero attached hydrogens (tertiary/aromatic N) is 3. The summed E-state index contributed by atoms with van der Waals surface area (Å²) in [6, 6.07) is 28.1. The summed E-state index contributed by atoms with van der Waals surface area (Å²) in [5, 5.41) is 3.26. The van der Waals surface area contributed by atoms with Crippen LogP contribution in [0.1, 0.15) is 60.3 Å². The smallest absolute Gasteiger partial charge is 0.216 e. The van der Waals surface area contributed by atoms with E-state index in [9.17, 15) is 0 Å². The standard InChI is InChI=1S/C21H19N2O.C17H22NSi.Ir/c1-13(2)14(3)15-9-11-22-19(12-15)18-7-4-6-16-17-8-5-10-23-21(17)24-20(16)18;1-13(2)15-11-16(14-9-7-6-8-10-14)18-12-17(15)19(3,4)5;/h4-6,8-14H,1-3H3;6-9,11-13H,1-5H3;/q2*-1;/i14D;13D;. The zero-order chi connectivity index (χ0) is 32.6. The predicted octanol–water partition coefficient (Wildman–Crippen LogP) is 9.82. The molecule has 0 spiro atoms. The van der Waals surface area contributed by atoms with Gasteiger partial charge in [-0.25, -0.2) is 4.98 Å². The first-order valence-electron chi connectivity index (χ1n) is 15.8. The minimum Gasteiger partial charge on any atom is -0.486 e. The van der Waals surface area contributed by atoms with Crippen molar-refractivity contribution in [3.05, 3.63) is 109 Å². The van der Waals surface area contributed by atoms with Gasteiger partial charge in [0.05, 0.1) is 13.7 Å². The first-order chi connectivity index (χ1) is 21.2. The third-order valence-electron chi connectivity index (χ3n) is 7.78. The molecular weight excluding hydrogens is 735 g/mol. The summed E-state index contributed by atoms with van der Waals surface area (Å²) in [6.45, 7) is 16.9. The number of hydrogen-bond acceptors (Lipinski definition) is 4. The normalized spacial score (nSPS) is 13.8. The molecule has 0 aliphatic heterocycles. The average Bonchev–Trinajstić information content (AvgIpc) is 3.40. The molecule has 6 heteroatoms. The molecule has 4 heterocycles. The maximum absolute atomic E-state index is 8.66. The van der Waals surface area contributed by atoms with Gasteiger partial charge in [0, 0.05) is 46.8 Å². The molecule has 6 aromatic rings. The molecule has 229 valence electrons. The minimum atomic E-state index is -1.50. The van der Waals surface area contributed by atoms with Crippen molar-refractivity contribution in [2.45, 2.75) is 66.0 Å². The van der Waals surface area contributed by atoms with E-state index in [2.05, 4.69) is 66.6 Å². The molecule has 1 unspecified atom stereocenters. The van der Waals surface area contributed by atoms with Gasteiger partial charge in [-0.3, -0.25) is 0 Å². The van der Waals surface area contributed by atoms with Crippen molar-refractivity contribution in [1.29, 1.82) is 0 Å². The molecule has 2 aromatic carbocycles. The second-order valence-electron chi connectivity index (χ2n) is 12.5. The van der Waals surface area contributed by atoms with Gasteiger partial charge in [-0.05, 0) is 52.5 Å². The Balaban J connectivity index is 0.000000210. The summed E-state index contributed by atoms with van der Waals surface area (Å²) in [7, 11) is -1.50. The van der Waals surface area contributed by atoms with Crippen LogP contribution in [-0.2, 0) is 20.1 Å². The summed E-state index contributed by atoms with van der Waals surface area (Å²) in [4.78, 5) is 13.4. The van der Waals surface area contributed by atoms with Gasteiger partial charge in [0.1, 0.15) is 0 Å². The number of fused-ring (bicyclic) bond motifs is 3. The Morgan fingerprint density at radius 3 is 2.27 bits per heavy atom. The van der Waals surface area contributed by atoms with Crippen LogP contribution in [0.5, 0.6) is 0 Å². The van der Waals surface area contributed by atoms with Crippen molar-refractivity contribution in [3.63, 3.8) is 0 Å². The van der Waals surface area contributed by atoms with E-state index in [1.54, 1.807) is 12.4 Å². The van der Waals surface area contributed by atoms with Crippen LogP contribution in [0.2, 0.25) is 19.6 Å². The molecule has 0 fully saturated rings. The third kappa shape index (κ3) is 7.26. The number of benzene rings is 2. The van der Waals surface area contributed by atoms with Gasteiger partial charge in [-0.1, -0.05) is 88.5 Å². The first kappa shape index (κ1) is 30.6. The fourth-order valence-corrected chi connectivity index (χ4v) is 6.66. The monoisotopic (exact) mass is 778 g/mol. The van der Waals surface area contributed by atoms with Crippen molar-refractivity contribution in [2.75, 3.05) is 0 Å². The van der Waals surface area contributed by atoms with E-state index >= 15 is 0 Å². The summed E-state index contributed by atoms with van der Waals surface area (Å²) in [5.74, 6) is -1.10. The third-order valence-corrected chi connectivity index (χ3v) is 9.80. The molecule has 6 rings (SSSR count). The Bertz CT molecular complexity index is 1940. The van der Waals surface area contributed by atoms with E-state index in [0.717, 1.165) is 50.0 Å². The zero-order valence-corrected chi connectivity index (χ0v) is 30.1. The SMILES string of the molecule is [2H]C(C)(C)c1cc(-c2[c-]cccc2)ncc1[Si](C)(C)C.[2H]C(C)(c1ccnc(-c2[c-]ccc3c2oc2ncccc23)c1)C(C)C.[Ir]. The minimum absolute atomic E-state index is 0. The van der Waals surface area contributed by atoms with E-state index < -0.39 is 19.9 Å². The van der Waals surface area contributed by atoms with Gasteiger partial charge >= 0.3 is 0 Å². The fraction of sp³-hybridized carbons (Fsp3) is 0.289. The second kappa shape index (κ2) is 14.1. The zero-order valence-electron chi connectivity index (χ0n) is 28.7. The van der Waals surface area contributed by atoms with E-state index in [1.807, 2.05) is 87.6 Å². The van der Waals surface area contributed by atoms with Crippen LogP contribution in [-0.4, -0.2) is 23.0 Å². The van der Waals surface area contributed by atoms with Gasteiger partial charge < -0.3 is 14.4 Å². The molecule has 0 bridgehead atoms. The van der Waals surface area contributed by atoms with Crippen molar-refractivity contribution in [3.8, 4) is 22.5 Å². The number of hydrogen-bond donors (Lipinski definition) is 0. The molecule has 0 amide bonds. The summed E-state index contributed by atoms with van der Waals surface area (Å²) >= 11 is 0. The van der Waals surface area contributed by atoms with Crippen LogP contribution < -0.4 is 5.19 Å². The predicted molar refractivity (Wildman–Crippen MR) is 182 cm³/mol. The quantitative estimate of drug-likeness (QED) is 0.125. The van der Waals surface area contributed by atoms with E-state index in [0.29, 0.717) is 5.71 Å². The number of aromatic nitrogens is 3. The molecule has 0 saturated heterocycles. The van der Waals surface area contributed by atoms with Gasteiger partial charge in [-0.15, -0.1) is 54.1 Å². The molecule has 0 saturated carbocycles. The van der Waals surface area contributed by atoms with Gasteiger partial charge in [0.2, 0.25) is 5.71 Å². The molecule has 1 radical (unpaired) electrons. The van der Waals surface area contributed by atoms with Crippen molar-refractivity contribution in [1.82, 2.24) is 15.0 Å². The molecule has 0 N–H and O–H groups in total. The molecule has 44 heavy (non-hydrogen) atoms. The summed E-state index contributed by atoms with van der Waals surface area (Å²) in [6.07, 6.45) is 5.46. The van der Waals surface area contributed by atoms with Crippen LogP contribution in [0.15, 0.2) is 89.7 Å². The van der Waals surface area contributed by atoms with Crippen LogP contribution in [0.4, 0.5) is 0 Å². The van der Waals surface area contributed by atoms with Crippen LogP contribution in [0, 0.1) is 18.1 Å². The van der Waals surface area contributed by atoms with E-state index in [-0.39, 0.29) is 26.0 Å². The Kier molecular flexibility index (Phi) is 9.81. The molecule has 0 aliphatic rings. The Morgan fingerprint density at radius 2 is 1.59 bits per heavy atom. The van der Waals surface area contributed by atoms with Crippen LogP contribution in [0.25, 0.3) is 44.6 Å². The number of pyridine rings is 3. The van der Waals surface area contributed by atoms with Crippen molar-refractivity contribution < 1.29 is 27.3 Å². The fourth-order valence-electron chi connectivity index (χ4n) is 5.08. The van der Waals surface area contributed by atoms with Gasteiger partial charge in [0.25, 0.3) is 0 Å². The average molecular weight is 778 g/mol. The van der Waals surface area contributed by atoms with E-state index in [1.165, 1.54) is 5.19 Å². The van der Waals surface area contributed by atoms with E-state index in [4.69, 9.17) is 7.16 Å². The second-order valence-corrected chi connectivity index (χ2v) is 17.5. The summed E-state index contributed by atoms with van der Waals surface area (Å²) < 4.78 is 23.1. The van der Waals surface area contributed by atoms with Crippen molar-refractivity contribution in [2.24, 2.45) is 5.92 Å². The topological polar surface area (TPSA) is 51.8 Å². The van der Waals surface area contributed by atoms with Gasteiger partial charge in [-0.2, -0.15) is 0 Å². The Morgan fingerprint density at radius 1 is 0.795 bits per heavy atom. The molecular formula is C38H41IrN3OSi-2. The maximum atomic E-state index is 8.66. The number of furan rings is 1. The Hall–Kier alpha value is -3.44.